The van der Waals surface area contributed by atoms with Crippen LogP contribution < -0.4 is 5.32 Å². The van der Waals surface area contributed by atoms with Crippen LogP contribution >= 0.6 is 0 Å². The number of rotatable bonds is 7. The Morgan fingerprint density at radius 1 is 0.735 bits per heavy atom. The van der Waals surface area contributed by atoms with Gasteiger partial charge in [-0.15, -0.1) is 0 Å². The molecule has 1 unspecified atom stereocenters. The SMILES string of the molecule is Cc1ccc(NCC(O)Cn2c(-c3ccccc3)c(-c3ccccc3)c3cc(C)ccc32)cc1. The Balaban J connectivity index is 1.60. The summed E-state index contributed by atoms with van der Waals surface area (Å²) in [5.41, 5.74) is 9.29. The third-order valence-electron chi connectivity index (χ3n) is 6.32. The van der Waals surface area contributed by atoms with Crippen molar-refractivity contribution in [3.05, 3.63) is 114 Å². The molecule has 5 rings (SSSR count). The topological polar surface area (TPSA) is 37.2 Å². The molecular formula is C31H30N2O. The average molecular weight is 447 g/mol. The van der Waals surface area contributed by atoms with Gasteiger partial charge >= 0.3 is 0 Å². The molecule has 1 aromatic heterocycles. The Kier molecular flexibility index (Phi) is 6.20. The Morgan fingerprint density at radius 2 is 1.35 bits per heavy atom. The van der Waals surface area contributed by atoms with Crippen LogP contribution in [-0.2, 0) is 6.54 Å². The van der Waals surface area contributed by atoms with Crippen LogP contribution in [0, 0.1) is 13.8 Å². The highest BCUT2D eigenvalue weighted by Gasteiger charge is 2.21. The molecule has 0 spiro atoms. The maximum atomic E-state index is 11.1. The molecule has 4 aromatic carbocycles. The van der Waals surface area contributed by atoms with Crippen molar-refractivity contribution in [1.29, 1.82) is 0 Å². The largest absolute Gasteiger partial charge is 0.389 e. The highest BCUT2D eigenvalue weighted by molar-refractivity contribution is 6.04. The zero-order chi connectivity index (χ0) is 23.5. The van der Waals surface area contributed by atoms with Gasteiger partial charge in [-0.05, 0) is 49.2 Å². The molecule has 0 radical (unpaired) electrons. The van der Waals surface area contributed by atoms with Gasteiger partial charge in [0.15, 0.2) is 0 Å². The van der Waals surface area contributed by atoms with E-state index in [1.807, 2.05) is 6.07 Å². The zero-order valence-electron chi connectivity index (χ0n) is 19.7. The number of hydrogen-bond donors (Lipinski definition) is 2. The van der Waals surface area contributed by atoms with Crippen molar-refractivity contribution in [2.45, 2.75) is 26.5 Å². The molecule has 1 atom stereocenters. The molecule has 170 valence electrons. The molecule has 5 aromatic rings. The van der Waals surface area contributed by atoms with E-state index in [4.69, 9.17) is 0 Å². The van der Waals surface area contributed by atoms with E-state index in [2.05, 4.69) is 121 Å². The fourth-order valence-corrected chi connectivity index (χ4v) is 4.63. The molecule has 3 heteroatoms. The van der Waals surface area contributed by atoms with E-state index in [-0.39, 0.29) is 0 Å². The highest BCUT2D eigenvalue weighted by atomic mass is 16.3. The lowest BCUT2D eigenvalue weighted by atomic mass is 9.98. The van der Waals surface area contributed by atoms with E-state index in [0.29, 0.717) is 13.1 Å². The molecule has 0 amide bonds. The summed E-state index contributed by atoms with van der Waals surface area (Å²) in [4.78, 5) is 0. The third-order valence-corrected chi connectivity index (χ3v) is 6.32. The van der Waals surface area contributed by atoms with Crippen molar-refractivity contribution in [2.75, 3.05) is 11.9 Å². The number of benzene rings is 4. The van der Waals surface area contributed by atoms with Crippen LogP contribution in [0.25, 0.3) is 33.3 Å². The van der Waals surface area contributed by atoms with Gasteiger partial charge in [-0.25, -0.2) is 0 Å². The third kappa shape index (κ3) is 4.48. The lowest BCUT2D eigenvalue weighted by Crippen LogP contribution is -2.25. The summed E-state index contributed by atoms with van der Waals surface area (Å²) in [5, 5.41) is 15.7. The molecule has 0 aliphatic carbocycles. The van der Waals surface area contributed by atoms with Crippen LogP contribution in [0.4, 0.5) is 5.69 Å². The number of nitrogens with one attached hydrogen (secondary N) is 1. The predicted molar refractivity (Wildman–Crippen MR) is 143 cm³/mol. The van der Waals surface area contributed by atoms with Gasteiger partial charge in [-0.1, -0.05) is 90.0 Å². The van der Waals surface area contributed by atoms with E-state index in [0.717, 1.165) is 22.5 Å². The Bertz CT molecular complexity index is 1390. The van der Waals surface area contributed by atoms with Crippen LogP contribution in [-0.4, -0.2) is 22.3 Å². The van der Waals surface area contributed by atoms with Gasteiger partial charge in [0.05, 0.1) is 18.3 Å². The normalized spacial score (nSPS) is 12.1. The second-order valence-corrected chi connectivity index (χ2v) is 8.99. The zero-order valence-corrected chi connectivity index (χ0v) is 19.7. The van der Waals surface area contributed by atoms with Gasteiger partial charge in [-0.2, -0.15) is 0 Å². The van der Waals surface area contributed by atoms with Crippen molar-refractivity contribution < 1.29 is 5.11 Å². The molecule has 0 saturated heterocycles. The molecule has 34 heavy (non-hydrogen) atoms. The molecule has 3 nitrogen and oxygen atoms in total. The van der Waals surface area contributed by atoms with E-state index in [9.17, 15) is 5.11 Å². The number of aliphatic hydroxyl groups is 1. The van der Waals surface area contributed by atoms with E-state index in [1.54, 1.807) is 0 Å². The summed E-state index contributed by atoms with van der Waals surface area (Å²) in [6.45, 7) is 5.18. The number of aryl methyl sites for hydroxylation is 2. The van der Waals surface area contributed by atoms with Crippen LogP contribution in [0.15, 0.2) is 103 Å². The maximum Gasteiger partial charge on any atom is 0.0891 e. The molecular weight excluding hydrogens is 416 g/mol. The van der Waals surface area contributed by atoms with Crippen molar-refractivity contribution in [1.82, 2.24) is 4.57 Å². The first-order valence-corrected chi connectivity index (χ1v) is 11.8. The van der Waals surface area contributed by atoms with Gasteiger partial charge in [0, 0.05) is 28.7 Å². The monoisotopic (exact) mass is 446 g/mol. The first-order valence-electron chi connectivity index (χ1n) is 11.8. The van der Waals surface area contributed by atoms with Crippen LogP contribution in [0.2, 0.25) is 0 Å². The summed E-state index contributed by atoms with van der Waals surface area (Å²) >= 11 is 0. The molecule has 2 N–H and O–H groups in total. The Morgan fingerprint density at radius 3 is 2.03 bits per heavy atom. The predicted octanol–water partition coefficient (Wildman–Crippen LogP) is 7.07. The highest BCUT2D eigenvalue weighted by Crippen LogP contribution is 2.41. The molecule has 0 aliphatic rings. The second kappa shape index (κ2) is 9.58. The second-order valence-electron chi connectivity index (χ2n) is 8.99. The van der Waals surface area contributed by atoms with Gasteiger partial charge < -0.3 is 15.0 Å². The lowest BCUT2D eigenvalue weighted by Gasteiger charge is -2.18. The van der Waals surface area contributed by atoms with E-state index in [1.165, 1.54) is 27.6 Å². The number of nitrogens with zero attached hydrogens (tertiary/aromatic N) is 1. The number of aromatic nitrogens is 1. The first-order chi connectivity index (χ1) is 16.6. The summed E-state index contributed by atoms with van der Waals surface area (Å²) in [7, 11) is 0. The van der Waals surface area contributed by atoms with Gasteiger partial charge in [0.1, 0.15) is 0 Å². The van der Waals surface area contributed by atoms with Crippen molar-refractivity contribution >= 4 is 16.6 Å². The maximum absolute atomic E-state index is 11.1. The first kappa shape index (κ1) is 22.0. The smallest absolute Gasteiger partial charge is 0.0891 e. The number of hydrogen-bond acceptors (Lipinski definition) is 2. The van der Waals surface area contributed by atoms with Gasteiger partial charge in [-0.3, -0.25) is 0 Å². The van der Waals surface area contributed by atoms with Crippen LogP contribution in [0.1, 0.15) is 11.1 Å². The minimum atomic E-state index is -0.552. The Hall–Kier alpha value is -3.82. The quantitative estimate of drug-likeness (QED) is 0.281. The summed E-state index contributed by atoms with van der Waals surface area (Å²) < 4.78 is 2.29. The number of aliphatic hydroxyl groups excluding tert-OH is 1. The average Bonchev–Trinajstić information content (AvgIpc) is 3.17. The van der Waals surface area contributed by atoms with E-state index >= 15 is 0 Å². The molecule has 0 saturated carbocycles. The number of anilines is 1. The lowest BCUT2D eigenvalue weighted by molar-refractivity contribution is 0.169. The summed E-state index contributed by atoms with van der Waals surface area (Å²) in [6.07, 6.45) is -0.552. The molecule has 0 fully saturated rings. The standard InChI is InChI=1S/C31H30N2O/c1-22-13-16-26(17-14-22)32-20-27(34)21-33-29-18-15-23(2)19-28(29)30(24-9-5-3-6-10-24)31(33)25-11-7-4-8-12-25/h3-19,27,32,34H,20-21H2,1-2H3. The van der Waals surface area contributed by atoms with Crippen LogP contribution in [0.3, 0.4) is 0 Å². The van der Waals surface area contributed by atoms with Crippen molar-refractivity contribution in [3.63, 3.8) is 0 Å². The molecule has 0 aliphatic heterocycles. The van der Waals surface area contributed by atoms with Crippen molar-refractivity contribution in [3.8, 4) is 22.4 Å². The molecule has 1 heterocycles. The summed E-state index contributed by atoms with van der Waals surface area (Å²) in [5.74, 6) is 0. The fourth-order valence-electron chi connectivity index (χ4n) is 4.63. The minimum absolute atomic E-state index is 0.476. The van der Waals surface area contributed by atoms with Crippen LogP contribution in [0.5, 0.6) is 0 Å². The van der Waals surface area contributed by atoms with Crippen molar-refractivity contribution in [2.24, 2.45) is 0 Å². The van der Waals surface area contributed by atoms with Gasteiger partial charge in [0.25, 0.3) is 0 Å². The van der Waals surface area contributed by atoms with Gasteiger partial charge in [0.2, 0.25) is 0 Å². The van der Waals surface area contributed by atoms with E-state index < -0.39 is 6.10 Å². The summed E-state index contributed by atoms with van der Waals surface area (Å²) in [6, 6.07) is 35.9. The number of fused-ring (bicyclic) bond motifs is 1. The molecule has 0 bridgehead atoms. The minimum Gasteiger partial charge on any atom is -0.389 e. The Labute approximate surface area is 201 Å². The fraction of sp³-hybridized carbons (Fsp3) is 0.161.